The van der Waals surface area contributed by atoms with Gasteiger partial charge in [-0.25, -0.2) is 0 Å². The zero-order chi connectivity index (χ0) is 6.91. The molecular formula is C6H11NOS. The summed E-state index contributed by atoms with van der Waals surface area (Å²) in [6.07, 6.45) is 0.974. The van der Waals surface area contributed by atoms with Crippen molar-refractivity contribution in [2.45, 2.75) is 24.8 Å². The molecule has 0 amide bonds. The van der Waals surface area contributed by atoms with Crippen LogP contribution >= 0.6 is 11.8 Å². The Balaban J connectivity index is 2.47. The van der Waals surface area contributed by atoms with Crippen LogP contribution in [0.2, 0.25) is 0 Å². The zero-order valence-corrected chi connectivity index (χ0v) is 6.49. The van der Waals surface area contributed by atoms with Crippen LogP contribution in [0.25, 0.3) is 0 Å². The van der Waals surface area contributed by atoms with Crippen LogP contribution in [0, 0.1) is 0 Å². The van der Waals surface area contributed by atoms with Crippen LogP contribution in [-0.2, 0) is 4.79 Å². The molecule has 0 aromatic carbocycles. The minimum atomic E-state index is 0.0741. The first kappa shape index (κ1) is 7.09. The van der Waals surface area contributed by atoms with Crippen LogP contribution in [0.4, 0.5) is 0 Å². The van der Waals surface area contributed by atoms with Gasteiger partial charge in [0.25, 0.3) is 0 Å². The molecule has 1 rings (SSSR count). The Morgan fingerprint density at radius 2 is 2.44 bits per heavy atom. The van der Waals surface area contributed by atoms with Crippen molar-refractivity contribution < 1.29 is 4.79 Å². The molecule has 1 aliphatic rings. The maximum absolute atomic E-state index is 10.2. The minimum absolute atomic E-state index is 0.0741. The Morgan fingerprint density at radius 1 is 1.78 bits per heavy atom. The normalized spacial score (nSPS) is 32.4. The second-order valence-corrected chi connectivity index (χ2v) is 4.35. The molecule has 0 aliphatic carbocycles. The molecule has 1 fully saturated rings. The SMILES string of the molecule is CC1(C)NC(C=O)CS1. The van der Waals surface area contributed by atoms with Gasteiger partial charge in [0.15, 0.2) is 0 Å². The molecule has 1 saturated heterocycles. The standard InChI is InChI=1S/C6H11NOS/c1-6(2)7-5(3-8)4-9-6/h3,5,7H,4H2,1-2H3. The van der Waals surface area contributed by atoms with Gasteiger partial charge in [0.1, 0.15) is 6.29 Å². The molecule has 1 atom stereocenters. The van der Waals surface area contributed by atoms with Crippen LogP contribution in [0.15, 0.2) is 0 Å². The van der Waals surface area contributed by atoms with Crippen molar-refractivity contribution in [1.82, 2.24) is 5.32 Å². The molecule has 0 spiro atoms. The lowest BCUT2D eigenvalue weighted by molar-refractivity contribution is -0.109. The third-order valence-corrected chi connectivity index (χ3v) is 2.69. The third kappa shape index (κ3) is 1.69. The molecule has 2 nitrogen and oxygen atoms in total. The number of carbonyl (C=O) groups excluding carboxylic acids is 1. The first-order valence-corrected chi connectivity index (χ1v) is 3.99. The van der Waals surface area contributed by atoms with Crippen molar-refractivity contribution in [2.24, 2.45) is 0 Å². The van der Waals surface area contributed by atoms with Gasteiger partial charge in [-0.1, -0.05) is 0 Å². The van der Waals surface area contributed by atoms with Gasteiger partial charge in [0, 0.05) is 5.75 Å². The molecule has 3 heteroatoms. The fourth-order valence-corrected chi connectivity index (χ4v) is 1.89. The molecule has 0 bridgehead atoms. The quantitative estimate of drug-likeness (QED) is 0.549. The molecule has 0 saturated carbocycles. The van der Waals surface area contributed by atoms with Gasteiger partial charge >= 0.3 is 0 Å². The fraction of sp³-hybridized carbons (Fsp3) is 0.833. The van der Waals surface area contributed by atoms with Crippen molar-refractivity contribution in [1.29, 1.82) is 0 Å². The second-order valence-electron chi connectivity index (χ2n) is 2.71. The Labute approximate surface area is 59.4 Å². The van der Waals surface area contributed by atoms with Crippen LogP contribution < -0.4 is 5.32 Å². The Hall–Kier alpha value is -0.0200. The van der Waals surface area contributed by atoms with E-state index in [9.17, 15) is 4.79 Å². The van der Waals surface area contributed by atoms with Crippen LogP contribution in [0.5, 0.6) is 0 Å². The maximum atomic E-state index is 10.2. The van der Waals surface area contributed by atoms with Gasteiger partial charge in [-0.3, -0.25) is 5.32 Å². The Bertz CT molecular complexity index is 124. The zero-order valence-electron chi connectivity index (χ0n) is 5.68. The number of aldehydes is 1. The van der Waals surface area contributed by atoms with E-state index in [1.165, 1.54) is 0 Å². The van der Waals surface area contributed by atoms with Crippen LogP contribution in [0.1, 0.15) is 13.8 Å². The summed E-state index contributed by atoms with van der Waals surface area (Å²) >= 11 is 1.79. The van der Waals surface area contributed by atoms with Crippen molar-refractivity contribution in [3.8, 4) is 0 Å². The van der Waals surface area contributed by atoms with E-state index in [0.29, 0.717) is 0 Å². The van der Waals surface area contributed by atoms with E-state index in [1.807, 2.05) is 0 Å². The van der Waals surface area contributed by atoms with Crippen molar-refractivity contribution >= 4 is 18.0 Å². The molecule has 1 aliphatic heterocycles. The summed E-state index contributed by atoms with van der Waals surface area (Å²) < 4.78 is 0. The highest BCUT2D eigenvalue weighted by Crippen LogP contribution is 2.27. The van der Waals surface area contributed by atoms with Crippen molar-refractivity contribution in [2.75, 3.05) is 5.75 Å². The first-order valence-electron chi connectivity index (χ1n) is 3.01. The predicted molar refractivity (Wildman–Crippen MR) is 39.5 cm³/mol. The summed E-state index contributed by atoms with van der Waals surface area (Å²) in [5.74, 6) is 0.913. The lowest BCUT2D eigenvalue weighted by atomic mass is 10.3. The number of thioether (sulfide) groups is 1. The topological polar surface area (TPSA) is 29.1 Å². The molecule has 1 N–H and O–H groups in total. The lowest BCUT2D eigenvalue weighted by Gasteiger charge is -2.16. The summed E-state index contributed by atoms with van der Waals surface area (Å²) in [4.78, 5) is 10.3. The highest BCUT2D eigenvalue weighted by molar-refractivity contribution is 8.00. The number of hydrogen-bond acceptors (Lipinski definition) is 3. The van der Waals surface area contributed by atoms with Gasteiger partial charge in [-0.2, -0.15) is 0 Å². The average molecular weight is 145 g/mol. The van der Waals surface area contributed by atoms with E-state index in [2.05, 4.69) is 19.2 Å². The maximum Gasteiger partial charge on any atom is 0.137 e. The van der Waals surface area contributed by atoms with E-state index in [1.54, 1.807) is 11.8 Å². The summed E-state index contributed by atoms with van der Waals surface area (Å²) in [6.45, 7) is 4.17. The van der Waals surface area contributed by atoms with Gasteiger partial charge in [0.2, 0.25) is 0 Å². The lowest BCUT2D eigenvalue weighted by Crippen LogP contribution is -2.37. The molecule has 52 valence electrons. The monoisotopic (exact) mass is 145 g/mol. The molecule has 9 heavy (non-hydrogen) atoms. The van der Waals surface area contributed by atoms with E-state index in [4.69, 9.17) is 0 Å². The number of nitrogens with one attached hydrogen (secondary N) is 1. The van der Waals surface area contributed by atoms with Crippen molar-refractivity contribution in [3.63, 3.8) is 0 Å². The third-order valence-electron chi connectivity index (χ3n) is 1.32. The summed E-state index contributed by atoms with van der Waals surface area (Å²) in [6, 6.07) is 0.0741. The highest BCUT2D eigenvalue weighted by Gasteiger charge is 2.29. The smallest absolute Gasteiger partial charge is 0.137 e. The minimum Gasteiger partial charge on any atom is -0.302 e. The highest BCUT2D eigenvalue weighted by atomic mass is 32.2. The Kier molecular flexibility index (Phi) is 1.82. The predicted octanol–water partition coefficient (Wildman–Crippen LogP) is 0.626. The summed E-state index contributed by atoms with van der Waals surface area (Å²) in [5, 5.41) is 3.17. The average Bonchev–Trinajstić information content (AvgIpc) is 2.10. The number of carbonyl (C=O) groups is 1. The van der Waals surface area contributed by atoms with E-state index < -0.39 is 0 Å². The van der Waals surface area contributed by atoms with Gasteiger partial charge < -0.3 is 4.79 Å². The molecular weight excluding hydrogens is 134 g/mol. The fourth-order valence-electron chi connectivity index (χ4n) is 0.901. The second kappa shape index (κ2) is 2.31. The van der Waals surface area contributed by atoms with Crippen LogP contribution in [0.3, 0.4) is 0 Å². The van der Waals surface area contributed by atoms with Gasteiger partial charge in [-0.15, -0.1) is 11.8 Å². The number of hydrogen-bond donors (Lipinski definition) is 1. The van der Waals surface area contributed by atoms with Gasteiger partial charge in [-0.05, 0) is 13.8 Å². The molecule has 0 radical (unpaired) electrons. The van der Waals surface area contributed by atoms with Crippen LogP contribution in [-0.4, -0.2) is 23.0 Å². The van der Waals surface area contributed by atoms with E-state index in [0.717, 1.165) is 12.0 Å². The molecule has 0 aromatic rings. The summed E-state index contributed by atoms with van der Waals surface area (Å²) in [7, 11) is 0. The van der Waals surface area contributed by atoms with Crippen molar-refractivity contribution in [3.05, 3.63) is 0 Å². The van der Waals surface area contributed by atoms with E-state index >= 15 is 0 Å². The molecule has 1 unspecified atom stereocenters. The van der Waals surface area contributed by atoms with E-state index in [-0.39, 0.29) is 10.9 Å². The largest absolute Gasteiger partial charge is 0.302 e. The molecule has 1 heterocycles. The molecule has 0 aromatic heterocycles. The number of rotatable bonds is 1. The summed E-state index contributed by atoms with van der Waals surface area (Å²) in [5.41, 5.74) is 0. The first-order chi connectivity index (χ1) is 4.14. The Morgan fingerprint density at radius 3 is 2.67 bits per heavy atom. The van der Waals surface area contributed by atoms with Gasteiger partial charge in [0.05, 0.1) is 10.9 Å².